The molecule has 0 saturated carbocycles. The van der Waals surface area contributed by atoms with Gasteiger partial charge in [-0.15, -0.1) is 0 Å². The van der Waals surface area contributed by atoms with Crippen LogP contribution in [0.3, 0.4) is 0 Å². The standard InChI is InChI=1S/C26H26F3NO4/c1-3-4-11-24(34-20-12-13-23(17(2)14-20)33-16-25(31)32)22-10-6-9-21(30-22)18-7-5-8-19(15-18)26(27,28)29/h5-10,12-15,24H,3-4,11,16H2,1-2H3,(H,31,32). The van der Waals surface area contributed by atoms with Crippen molar-refractivity contribution in [2.45, 2.75) is 45.4 Å². The summed E-state index contributed by atoms with van der Waals surface area (Å²) < 4.78 is 50.9. The van der Waals surface area contributed by atoms with Crippen LogP contribution in [0, 0.1) is 6.92 Å². The molecule has 0 aliphatic heterocycles. The van der Waals surface area contributed by atoms with Gasteiger partial charge in [-0.05, 0) is 67.8 Å². The van der Waals surface area contributed by atoms with Crippen LogP contribution in [0.1, 0.15) is 49.1 Å². The molecule has 0 saturated heterocycles. The lowest BCUT2D eigenvalue weighted by atomic mass is 10.0. The summed E-state index contributed by atoms with van der Waals surface area (Å²) in [4.78, 5) is 15.4. The van der Waals surface area contributed by atoms with Gasteiger partial charge in [0.2, 0.25) is 0 Å². The van der Waals surface area contributed by atoms with E-state index in [1.807, 2.05) is 0 Å². The number of carboxylic acid groups (broad SMARTS) is 1. The van der Waals surface area contributed by atoms with E-state index in [4.69, 9.17) is 14.6 Å². The zero-order valence-electron chi connectivity index (χ0n) is 18.9. The predicted octanol–water partition coefficient (Wildman–Crippen LogP) is 6.85. The Kier molecular flexibility index (Phi) is 8.15. The average molecular weight is 473 g/mol. The Morgan fingerprint density at radius 2 is 1.85 bits per heavy atom. The van der Waals surface area contributed by atoms with Crippen LogP contribution >= 0.6 is 0 Å². The minimum absolute atomic E-state index is 0.377. The van der Waals surface area contributed by atoms with Crippen molar-refractivity contribution >= 4 is 5.97 Å². The molecule has 0 aliphatic carbocycles. The van der Waals surface area contributed by atoms with E-state index in [2.05, 4.69) is 11.9 Å². The molecular weight excluding hydrogens is 447 g/mol. The Labute approximate surface area is 196 Å². The average Bonchev–Trinajstić information content (AvgIpc) is 2.80. The summed E-state index contributed by atoms with van der Waals surface area (Å²) in [5, 5.41) is 8.80. The van der Waals surface area contributed by atoms with Crippen molar-refractivity contribution in [2.75, 3.05) is 6.61 Å². The number of alkyl halides is 3. The minimum Gasteiger partial charge on any atom is -0.484 e. The summed E-state index contributed by atoms with van der Waals surface area (Å²) in [6.45, 7) is 3.41. The van der Waals surface area contributed by atoms with Gasteiger partial charge in [0.25, 0.3) is 0 Å². The number of hydrogen-bond acceptors (Lipinski definition) is 4. The molecule has 3 aromatic rings. The molecule has 5 nitrogen and oxygen atoms in total. The molecule has 0 bridgehead atoms. The van der Waals surface area contributed by atoms with E-state index in [1.165, 1.54) is 6.07 Å². The molecule has 0 amide bonds. The van der Waals surface area contributed by atoms with Crippen LogP contribution < -0.4 is 9.47 Å². The molecular formula is C26H26F3NO4. The van der Waals surface area contributed by atoms with E-state index in [1.54, 1.807) is 49.4 Å². The number of aliphatic carboxylic acids is 1. The number of pyridine rings is 1. The van der Waals surface area contributed by atoms with Gasteiger partial charge in [0, 0.05) is 5.56 Å². The zero-order valence-corrected chi connectivity index (χ0v) is 18.9. The van der Waals surface area contributed by atoms with E-state index in [9.17, 15) is 18.0 Å². The number of benzene rings is 2. The molecule has 1 aromatic heterocycles. The molecule has 0 spiro atoms. The molecule has 0 radical (unpaired) electrons. The maximum Gasteiger partial charge on any atom is 0.416 e. The SMILES string of the molecule is CCCCC(Oc1ccc(OCC(=O)O)c(C)c1)c1cccc(-c2cccc(C(F)(F)F)c2)n1. The van der Waals surface area contributed by atoms with Crippen LogP contribution in [0.4, 0.5) is 13.2 Å². The highest BCUT2D eigenvalue weighted by Crippen LogP contribution is 2.33. The smallest absolute Gasteiger partial charge is 0.416 e. The van der Waals surface area contributed by atoms with Gasteiger partial charge in [-0.2, -0.15) is 13.2 Å². The number of rotatable bonds is 10. The molecule has 2 aromatic carbocycles. The molecule has 8 heteroatoms. The fourth-order valence-electron chi connectivity index (χ4n) is 3.46. The van der Waals surface area contributed by atoms with Gasteiger partial charge in [-0.1, -0.05) is 31.5 Å². The normalized spacial score (nSPS) is 12.3. The number of ether oxygens (including phenoxy) is 2. The lowest BCUT2D eigenvalue weighted by Crippen LogP contribution is -2.11. The molecule has 180 valence electrons. The lowest BCUT2D eigenvalue weighted by molar-refractivity contribution is -0.139. The van der Waals surface area contributed by atoms with Gasteiger partial charge in [0.05, 0.1) is 17.0 Å². The monoisotopic (exact) mass is 473 g/mol. The Morgan fingerprint density at radius 3 is 2.53 bits per heavy atom. The van der Waals surface area contributed by atoms with Gasteiger partial charge in [0.15, 0.2) is 6.61 Å². The van der Waals surface area contributed by atoms with Crippen molar-refractivity contribution < 1.29 is 32.5 Å². The molecule has 1 heterocycles. The van der Waals surface area contributed by atoms with Gasteiger partial charge < -0.3 is 14.6 Å². The Hall–Kier alpha value is -3.55. The summed E-state index contributed by atoms with van der Waals surface area (Å²) in [5.41, 5.74) is 1.42. The quantitative estimate of drug-likeness (QED) is 0.349. The molecule has 1 N–H and O–H groups in total. The first-order valence-electron chi connectivity index (χ1n) is 10.9. The second-order valence-corrected chi connectivity index (χ2v) is 7.88. The van der Waals surface area contributed by atoms with Gasteiger partial charge >= 0.3 is 12.1 Å². The third-order valence-electron chi connectivity index (χ3n) is 5.18. The number of aryl methyl sites for hydroxylation is 1. The van der Waals surface area contributed by atoms with E-state index in [-0.39, 0.29) is 0 Å². The Bertz CT molecular complexity index is 1130. The molecule has 3 rings (SSSR count). The number of halogens is 3. The third kappa shape index (κ3) is 6.73. The highest BCUT2D eigenvalue weighted by Gasteiger charge is 2.30. The van der Waals surface area contributed by atoms with Crippen molar-refractivity contribution in [3.05, 3.63) is 77.5 Å². The maximum atomic E-state index is 13.1. The number of nitrogens with zero attached hydrogens (tertiary/aromatic N) is 1. The summed E-state index contributed by atoms with van der Waals surface area (Å²) in [5.74, 6) is -0.0526. The van der Waals surface area contributed by atoms with Gasteiger partial charge in [-0.3, -0.25) is 0 Å². The number of carbonyl (C=O) groups is 1. The predicted molar refractivity (Wildman–Crippen MR) is 122 cm³/mol. The Morgan fingerprint density at radius 1 is 1.09 bits per heavy atom. The fraction of sp³-hybridized carbons (Fsp3) is 0.308. The highest BCUT2D eigenvalue weighted by atomic mass is 19.4. The number of aromatic nitrogens is 1. The molecule has 34 heavy (non-hydrogen) atoms. The first-order valence-corrected chi connectivity index (χ1v) is 10.9. The van der Waals surface area contributed by atoms with Crippen LogP contribution in [0.15, 0.2) is 60.7 Å². The topological polar surface area (TPSA) is 68.7 Å². The summed E-state index contributed by atoms with van der Waals surface area (Å²) >= 11 is 0. The first kappa shape index (κ1) is 25.1. The van der Waals surface area contributed by atoms with Crippen LogP contribution in [-0.2, 0) is 11.0 Å². The van der Waals surface area contributed by atoms with Crippen LogP contribution in [-0.4, -0.2) is 22.7 Å². The van der Waals surface area contributed by atoms with Crippen LogP contribution in [0.25, 0.3) is 11.3 Å². The Balaban J connectivity index is 1.86. The second-order valence-electron chi connectivity index (χ2n) is 7.88. The zero-order chi connectivity index (χ0) is 24.7. The van der Waals surface area contributed by atoms with E-state index >= 15 is 0 Å². The second kappa shape index (κ2) is 11.0. The fourth-order valence-corrected chi connectivity index (χ4v) is 3.46. The van der Waals surface area contributed by atoms with Crippen LogP contribution in [0.5, 0.6) is 11.5 Å². The van der Waals surface area contributed by atoms with Crippen LogP contribution in [0.2, 0.25) is 0 Å². The molecule has 1 atom stereocenters. The third-order valence-corrected chi connectivity index (χ3v) is 5.18. The number of carboxylic acids is 1. The van der Waals surface area contributed by atoms with E-state index < -0.39 is 30.4 Å². The van der Waals surface area contributed by atoms with Gasteiger partial charge in [-0.25, -0.2) is 9.78 Å². The van der Waals surface area contributed by atoms with Crippen molar-refractivity contribution in [2.24, 2.45) is 0 Å². The molecule has 1 unspecified atom stereocenters. The van der Waals surface area contributed by atoms with E-state index in [0.717, 1.165) is 30.5 Å². The first-order chi connectivity index (χ1) is 16.2. The summed E-state index contributed by atoms with van der Waals surface area (Å²) in [7, 11) is 0. The number of hydrogen-bond donors (Lipinski definition) is 1. The van der Waals surface area contributed by atoms with Crippen molar-refractivity contribution in [3.8, 4) is 22.8 Å². The minimum atomic E-state index is -4.43. The van der Waals surface area contributed by atoms with Gasteiger partial charge in [0.1, 0.15) is 17.6 Å². The molecule has 0 aliphatic rings. The van der Waals surface area contributed by atoms with Crippen molar-refractivity contribution in [1.82, 2.24) is 4.98 Å². The number of unbranched alkanes of at least 4 members (excludes halogenated alkanes) is 1. The highest BCUT2D eigenvalue weighted by molar-refractivity contribution is 5.68. The van der Waals surface area contributed by atoms with E-state index in [0.29, 0.717) is 34.9 Å². The van der Waals surface area contributed by atoms with Crippen molar-refractivity contribution in [1.29, 1.82) is 0 Å². The van der Waals surface area contributed by atoms with Crippen molar-refractivity contribution in [3.63, 3.8) is 0 Å². The molecule has 0 fully saturated rings. The lowest BCUT2D eigenvalue weighted by Gasteiger charge is -2.20. The summed E-state index contributed by atoms with van der Waals surface area (Å²) in [6, 6.07) is 15.4. The summed E-state index contributed by atoms with van der Waals surface area (Å²) in [6.07, 6.45) is -2.35. The largest absolute Gasteiger partial charge is 0.484 e. The maximum absolute atomic E-state index is 13.1.